The van der Waals surface area contributed by atoms with Crippen molar-refractivity contribution >= 4 is 23.2 Å². The molecule has 1 N–H and O–H groups in total. The minimum atomic E-state index is -0.393. The van der Waals surface area contributed by atoms with Gasteiger partial charge in [-0.1, -0.05) is 11.6 Å². The zero-order valence-corrected chi connectivity index (χ0v) is 16.5. The molecule has 2 aromatic carbocycles. The first kappa shape index (κ1) is 19.6. The third-order valence-electron chi connectivity index (χ3n) is 4.05. The molecule has 3 rings (SSSR count). The van der Waals surface area contributed by atoms with E-state index in [4.69, 9.17) is 30.2 Å². The topological polar surface area (TPSA) is 69.9 Å². The SMILES string of the molecule is COc1ccc(OCc2ccc(C(=O)Nc3cc(C)c(Cl)cc3OC)o2)cc1. The number of furan rings is 1. The van der Waals surface area contributed by atoms with Crippen molar-refractivity contribution in [2.24, 2.45) is 0 Å². The molecule has 0 aliphatic carbocycles. The van der Waals surface area contributed by atoms with Crippen molar-refractivity contribution in [3.05, 3.63) is 70.6 Å². The molecule has 7 heteroatoms. The van der Waals surface area contributed by atoms with Crippen LogP contribution in [0.25, 0.3) is 0 Å². The van der Waals surface area contributed by atoms with Gasteiger partial charge in [-0.15, -0.1) is 0 Å². The summed E-state index contributed by atoms with van der Waals surface area (Å²) >= 11 is 6.09. The fourth-order valence-electron chi connectivity index (χ4n) is 2.52. The molecule has 146 valence electrons. The normalized spacial score (nSPS) is 10.4. The van der Waals surface area contributed by atoms with Crippen molar-refractivity contribution in [1.82, 2.24) is 0 Å². The van der Waals surface area contributed by atoms with E-state index >= 15 is 0 Å². The number of aryl methyl sites for hydroxylation is 1. The summed E-state index contributed by atoms with van der Waals surface area (Å²) in [6, 6.07) is 13.9. The first-order chi connectivity index (χ1) is 13.5. The maximum Gasteiger partial charge on any atom is 0.291 e. The Labute approximate surface area is 168 Å². The number of benzene rings is 2. The van der Waals surface area contributed by atoms with Crippen LogP contribution in [0.5, 0.6) is 17.2 Å². The Bertz CT molecular complexity index is 965. The monoisotopic (exact) mass is 401 g/mol. The number of methoxy groups -OCH3 is 2. The number of rotatable bonds is 7. The van der Waals surface area contributed by atoms with Crippen LogP contribution in [0, 0.1) is 6.92 Å². The first-order valence-electron chi connectivity index (χ1n) is 8.51. The number of ether oxygens (including phenoxy) is 3. The van der Waals surface area contributed by atoms with Gasteiger partial charge in [-0.25, -0.2) is 0 Å². The van der Waals surface area contributed by atoms with Gasteiger partial charge in [0.05, 0.1) is 19.9 Å². The number of nitrogens with one attached hydrogen (secondary N) is 1. The fourth-order valence-corrected chi connectivity index (χ4v) is 2.67. The molecule has 0 fully saturated rings. The van der Waals surface area contributed by atoms with Crippen LogP contribution >= 0.6 is 11.6 Å². The molecule has 3 aromatic rings. The molecule has 0 aliphatic rings. The van der Waals surface area contributed by atoms with Gasteiger partial charge in [0.25, 0.3) is 5.91 Å². The van der Waals surface area contributed by atoms with Crippen molar-refractivity contribution in [3.63, 3.8) is 0 Å². The lowest BCUT2D eigenvalue weighted by atomic mass is 10.2. The van der Waals surface area contributed by atoms with Crippen molar-refractivity contribution in [2.45, 2.75) is 13.5 Å². The van der Waals surface area contributed by atoms with E-state index in [0.717, 1.165) is 11.3 Å². The molecule has 0 unspecified atom stereocenters. The Hall–Kier alpha value is -3.12. The van der Waals surface area contributed by atoms with Gasteiger partial charge < -0.3 is 23.9 Å². The van der Waals surface area contributed by atoms with Gasteiger partial charge in [0.2, 0.25) is 0 Å². The number of carbonyl (C=O) groups is 1. The minimum absolute atomic E-state index is 0.169. The Balaban J connectivity index is 1.64. The van der Waals surface area contributed by atoms with Gasteiger partial charge in [-0.2, -0.15) is 0 Å². The molecular weight excluding hydrogens is 382 g/mol. The van der Waals surface area contributed by atoms with Crippen LogP contribution in [0.1, 0.15) is 21.9 Å². The van der Waals surface area contributed by atoms with Gasteiger partial charge in [-0.05, 0) is 55.0 Å². The fraction of sp³-hybridized carbons (Fsp3) is 0.190. The van der Waals surface area contributed by atoms with Crippen LogP contribution in [0.4, 0.5) is 5.69 Å². The molecule has 0 saturated carbocycles. The zero-order chi connectivity index (χ0) is 20.1. The Morgan fingerprint density at radius 3 is 2.43 bits per heavy atom. The highest BCUT2D eigenvalue weighted by atomic mass is 35.5. The molecule has 0 saturated heterocycles. The predicted octanol–water partition coefficient (Wildman–Crippen LogP) is 5.09. The van der Waals surface area contributed by atoms with E-state index in [1.54, 1.807) is 55.6 Å². The number of halogens is 1. The second kappa shape index (κ2) is 8.71. The van der Waals surface area contributed by atoms with E-state index in [2.05, 4.69) is 5.32 Å². The number of amides is 1. The molecule has 0 atom stereocenters. The molecular formula is C21H20ClNO5. The predicted molar refractivity (Wildman–Crippen MR) is 107 cm³/mol. The van der Waals surface area contributed by atoms with Gasteiger partial charge >= 0.3 is 0 Å². The average Bonchev–Trinajstić information content (AvgIpc) is 3.18. The van der Waals surface area contributed by atoms with Crippen molar-refractivity contribution in [2.75, 3.05) is 19.5 Å². The number of anilines is 1. The van der Waals surface area contributed by atoms with E-state index in [9.17, 15) is 4.79 Å². The second-order valence-electron chi connectivity index (χ2n) is 5.99. The maximum absolute atomic E-state index is 12.5. The standard InChI is InChI=1S/C21H20ClNO5/c1-13-10-18(20(26-3)11-17(13)22)23-21(24)19-9-8-16(28-19)12-27-15-6-4-14(25-2)5-7-15/h4-11H,12H2,1-3H3,(H,23,24). The summed E-state index contributed by atoms with van der Waals surface area (Å²) in [5.41, 5.74) is 1.34. The van der Waals surface area contributed by atoms with Crippen LogP contribution in [0.2, 0.25) is 5.02 Å². The number of carbonyl (C=O) groups excluding carboxylic acids is 1. The van der Waals surface area contributed by atoms with Crippen molar-refractivity contribution in [3.8, 4) is 17.2 Å². The van der Waals surface area contributed by atoms with E-state index in [1.165, 1.54) is 7.11 Å². The smallest absolute Gasteiger partial charge is 0.291 e. The molecule has 0 aliphatic heterocycles. The highest BCUT2D eigenvalue weighted by Gasteiger charge is 2.15. The van der Waals surface area contributed by atoms with Crippen LogP contribution in [-0.4, -0.2) is 20.1 Å². The van der Waals surface area contributed by atoms with Crippen LogP contribution < -0.4 is 19.5 Å². The van der Waals surface area contributed by atoms with E-state index in [-0.39, 0.29) is 12.4 Å². The van der Waals surface area contributed by atoms with Crippen LogP contribution in [0.3, 0.4) is 0 Å². The van der Waals surface area contributed by atoms with Crippen LogP contribution in [0.15, 0.2) is 52.9 Å². The zero-order valence-electron chi connectivity index (χ0n) is 15.7. The highest BCUT2D eigenvalue weighted by Crippen LogP contribution is 2.31. The molecule has 1 heterocycles. The lowest BCUT2D eigenvalue weighted by molar-refractivity contribution is 0.0992. The molecule has 6 nitrogen and oxygen atoms in total. The molecule has 0 spiro atoms. The van der Waals surface area contributed by atoms with Gasteiger partial charge in [0.15, 0.2) is 5.76 Å². The van der Waals surface area contributed by atoms with E-state index in [1.807, 2.05) is 6.92 Å². The molecule has 28 heavy (non-hydrogen) atoms. The Morgan fingerprint density at radius 1 is 1.04 bits per heavy atom. The quantitative estimate of drug-likeness (QED) is 0.597. The third kappa shape index (κ3) is 4.58. The Morgan fingerprint density at radius 2 is 1.75 bits per heavy atom. The molecule has 0 bridgehead atoms. The first-order valence-corrected chi connectivity index (χ1v) is 8.89. The Kier molecular flexibility index (Phi) is 6.11. The lowest BCUT2D eigenvalue weighted by Gasteiger charge is -2.11. The number of hydrogen-bond acceptors (Lipinski definition) is 5. The van der Waals surface area contributed by atoms with Gasteiger partial charge in [-0.3, -0.25) is 4.79 Å². The van der Waals surface area contributed by atoms with E-state index < -0.39 is 5.91 Å². The summed E-state index contributed by atoms with van der Waals surface area (Å²) in [5, 5.41) is 3.34. The lowest BCUT2D eigenvalue weighted by Crippen LogP contribution is -2.12. The highest BCUT2D eigenvalue weighted by molar-refractivity contribution is 6.31. The summed E-state index contributed by atoms with van der Waals surface area (Å²) in [6.07, 6.45) is 0. The third-order valence-corrected chi connectivity index (χ3v) is 4.46. The summed E-state index contributed by atoms with van der Waals surface area (Å²) in [4.78, 5) is 12.5. The second-order valence-corrected chi connectivity index (χ2v) is 6.39. The largest absolute Gasteiger partial charge is 0.497 e. The summed E-state index contributed by atoms with van der Waals surface area (Å²) < 4.78 is 21.6. The maximum atomic E-state index is 12.5. The molecule has 1 aromatic heterocycles. The summed E-state index contributed by atoms with van der Waals surface area (Å²) in [6.45, 7) is 2.04. The minimum Gasteiger partial charge on any atom is -0.497 e. The molecule has 1 amide bonds. The van der Waals surface area contributed by atoms with Crippen LogP contribution in [-0.2, 0) is 6.61 Å². The summed E-state index contributed by atoms with van der Waals surface area (Å²) in [5.74, 6) is 2.19. The molecule has 0 radical (unpaired) electrons. The van der Waals surface area contributed by atoms with Crippen molar-refractivity contribution in [1.29, 1.82) is 0 Å². The van der Waals surface area contributed by atoms with Gasteiger partial charge in [0, 0.05) is 11.1 Å². The average molecular weight is 402 g/mol. The number of hydrogen-bond donors (Lipinski definition) is 1. The van der Waals surface area contributed by atoms with Gasteiger partial charge in [0.1, 0.15) is 29.6 Å². The van der Waals surface area contributed by atoms with Crippen molar-refractivity contribution < 1.29 is 23.4 Å². The van der Waals surface area contributed by atoms with E-state index in [0.29, 0.717) is 28.0 Å². The summed E-state index contributed by atoms with van der Waals surface area (Å²) in [7, 11) is 3.12.